The summed E-state index contributed by atoms with van der Waals surface area (Å²) in [5.41, 5.74) is 1.31. The summed E-state index contributed by atoms with van der Waals surface area (Å²) in [7, 11) is 1.60. The molecular formula is C19H19N3O5. The van der Waals surface area contributed by atoms with Crippen molar-refractivity contribution < 1.29 is 19.2 Å². The van der Waals surface area contributed by atoms with Crippen LogP contribution in [0.5, 0.6) is 5.75 Å². The van der Waals surface area contributed by atoms with Crippen molar-refractivity contribution in [2.75, 3.05) is 18.9 Å². The molecule has 2 aromatic carbocycles. The zero-order valence-corrected chi connectivity index (χ0v) is 14.8. The summed E-state index contributed by atoms with van der Waals surface area (Å²) in [5.74, 6) is -0.0707. The number of carbonyl (C=O) groups excluding carboxylic acids is 2. The second-order valence-electron chi connectivity index (χ2n) is 6.38. The van der Waals surface area contributed by atoms with Crippen LogP contribution in [0.2, 0.25) is 0 Å². The van der Waals surface area contributed by atoms with E-state index >= 15 is 0 Å². The molecule has 0 spiro atoms. The number of nitro groups is 1. The van der Waals surface area contributed by atoms with Gasteiger partial charge in [0.25, 0.3) is 5.69 Å². The Bertz CT molecular complexity index is 869. The van der Waals surface area contributed by atoms with Gasteiger partial charge in [-0.1, -0.05) is 18.2 Å². The van der Waals surface area contributed by atoms with Crippen LogP contribution in [0.1, 0.15) is 12.0 Å². The third-order valence-corrected chi connectivity index (χ3v) is 4.47. The molecule has 1 aliphatic heterocycles. The molecule has 8 heteroatoms. The van der Waals surface area contributed by atoms with Gasteiger partial charge in [0.2, 0.25) is 5.91 Å². The molecule has 2 amide bonds. The lowest BCUT2D eigenvalue weighted by Crippen LogP contribution is -2.36. The molecule has 0 bridgehead atoms. The van der Waals surface area contributed by atoms with Crippen LogP contribution in [0.15, 0.2) is 48.5 Å². The Balaban J connectivity index is 1.59. The van der Waals surface area contributed by atoms with Gasteiger partial charge in [-0.3, -0.25) is 14.9 Å². The number of benzene rings is 2. The average molecular weight is 369 g/mol. The number of para-hydroxylation sites is 1. The number of ether oxygens (including phenoxy) is 1. The number of amides is 2. The maximum Gasteiger partial charge on any atom is 0.414 e. The Morgan fingerprint density at radius 2 is 2.04 bits per heavy atom. The molecule has 0 radical (unpaired) electrons. The number of nitrogens with zero attached hydrogens (tertiary/aromatic N) is 2. The van der Waals surface area contributed by atoms with Gasteiger partial charge in [-0.05, 0) is 36.6 Å². The fourth-order valence-corrected chi connectivity index (χ4v) is 2.92. The van der Waals surface area contributed by atoms with Gasteiger partial charge >= 0.3 is 6.09 Å². The molecule has 3 rings (SSSR count). The van der Waals surface area contributed by atoms with E-state index in [9.17, 15) is 19.7 Å². The van der Waals surface area contributed by atoms with Gasteiger partial charge in [-0.2, -0.15) is 0 Å². The zero-order valence-electron chi connectivity index (χ0n) is 14.8. The number of rotatable bonds is 5. The largest absolute Gasteiger partial charge is 0.414 e. The summed E-state index contributed by atoms with van der Waals surface area (Å²) in [5, 5.41) is 13.7. The van der Waals surface area contributed by atoms with E-state index < -0.39 is 11.0 Å². The number of anilines is 1. The van der Waals surface area contributed by atoms with Crippen molar-refractivity contribution >= 4 is 23.4 Å². The monoisotopic (exact) mass is 369 g/mol. The molecule has 0 saturated carbocycles. The molecule has 0 saturated heterocycles. The summed E-state index contributed by atoms with van der Waals surface area (Å²) in [6, 6.07) is 13.1. The van der Waals surface area contributed by atoms with Gasteiger partial charge in [0.05, 0.1) is 4.92 Å². The second kappa shape index (κ2) is 7.86. The topological polar surface area (TPSA) is 102 Å². The lowest BCUT2D eigenvalue weighted by atomic mass is 9.90. The Kier molecular flexibility index (Phi) is 5.35. The van der Waals surface area contributed by atoms with E-state index in [0.29, 0.717) is 30.8 Å². The fourth-order valence-electron chi connectivity index (χ4n) is 2.92. The molecule has 8 nitrogen and oxygen atoms in total. The van der Waals surface area contributed by atoms with Crippen LogP contribution in [-0.2, 0) is 11.2 Å². The lowest BCUT2D eigenvalue weighted by Gasteiger charge is -2.26. The van der Waals surface area contributed by atoms with Crippen LogP contribution >= 0.6 is 0 Å². The van der Waals surface area contributed by atoms with Gasteiger partial charge < -0.3 is 15.0 Å². The quantitative estimate of drug-likeness (QED) is 0.644. The van der Waals surface area contributed by atoms with E-state index in [0.717, 1.165) is 5.56 Å². The third-order valence-electron chi connectivity index (χ3n) is 4.47. The molecule has 1 heterocycles. The maximum absolute atomic E-state index is 12.3. The second-order valence-corrected chi connectivity index (χ2v) is 6.38. The van der Waals surface area contributed by atoms with Gasteiger partial charge in [0, 0.05) is 37.3 Å². The minimum Gasteiger partial charge on any atom is -0.410 e. The molecule has 1 atom stereocenters. The number of nitro benzene ring substituents is 1. The number of hydrogen-bond acceptors (Lipinski definition) is 5. The molecule has 1 aliphatic rings. The van der Waals surface area contributed by atoms with Crippen LogP contribution in [0.3, 0.4) is 0 Å². The number of non-ortho nitro benzene ring substituents is 1. The highest BCUT2D eigenvalue weighted by molar-refractivity contribution is 5.96. The number of fused-ring (bicyclic) bond motifs is 1. The molecule has 0 aliphatic carbocycles. The fraction of sp³-hybridized carbons (Fsp3) is 0.263. The Hall–Kier alpha value is -3.42. The number of carbonyl (C=O) groups is 2. The maximum atomic E-state index is 12.3. The smallest absolute Gasteiger partial charge is 0.410 e. The zero-order chi connectivity index (χ0) is 19.4. The molecule has 0 aromatic heterocycles. The predicted octanol–water partition coefficient (Wildman–Crippen LogP) is 3.23. The first-order valence-electron chi connectivity index (χ1n) is 8.50. The van der Waals surface area contributed by atoms with Crippen molar-refractivity contribution in [1.82, 2.24) is 4.90 Å². The van der Waals surface area contributed by atoms with Crippen LogP contribution in [0.25, 0.3) is 0 Å². The van der Waals surface area contributed by atoms with E-state index in [2.05, 4.69) is 5.32 Å². The predicted molar refractivity (Wildman–Crippen MR) is 98.6 cm³/mol. The number of nitrogens with one attached hydrogen (secondary N) is 1. The van der Waals surface area contributed by atoms with Crippen molar-refractivity contribution in [3.8, 4) is 5.75 Å². The standard InChI is InChI=1S/C19H19N3O5/c1-21(19(24)27-16-5-3-2-4-6-16)10-9-13-11-14-12-15(22(25)26)7-8-17(14)20-18(13)23/h2-8,12-13H,9-11H2,1H3,(H,20,23). The van der Waals surface area contributed by atoms with E-state index in [1.54, 1.807) is 37.4 Å². The summed E-state index contributed by atoms with van der Waals surface area (Å²) in [4.78, 5) is 36.3. The first-order chi connectivity index (χ1) is 12.9. The SMILES string of the molecule is CN(CCC1Cc2cc([N+](=O)[O-])ccc2NC1=O)C(=O)Oc1ccccc1. The third kappa shape index (κ3) is 4.41. The van der Waals surface area contributed by atoms with Crippen molar-refractivity contribution in [2.24, 2.45) is 5.92 Å². The van der Waals surface area contributed by atoms with Gasteiger partial charge in [0.15, 0.2) is 0 Å². The molecule has 27 heavy (non-hydrogen) atoms. The Labute approximate surface area is 155 Å². The highest BCUT2D eigenvalue weighted by atomic mass is 16.6. The molecule has 0 fully saturated rings. The van der Waals surface area contributed by atoms with E-state index in [1.807, 2.05) is 6.07 Å². The Morgan fingerprint density at radius 1 is 1.30 bits per heavy atom. The highest BCUT2D eigenvalue weighted by Crippen LogP contribution is 2.30. The lowest BCUT2D eigenvalue weighted by molar-refractivity contribution is -0.384. The van der Waals surface area contributed by atoms with Crippen LogP contribution in [0, 0.1) is 16.0 Å². The molecule has 1 unspecified atom stereocenters. The van der Waals surface area contributed by atoms with Crippen LogP contribution in [0.4, 0.5) is 16.2 Å². The van der Waals surface area contributed by atoms with Crippen LogP contribution < -0.4 is 10.1 Å². The summed E-state index contributed by atoms with van der Waals surface area (Å²) in [6.07, 6.45) is 0.312. The molecule has 2 aromatic rings. The minimum atomic E-state index is -0.506. The Morgan fingerprint density at radius 3 is 2.74 bits per heavy atom. The van der Waals surface area contributed by atoms with E-state index in [1.165, 1.54) is 17.0 Å². The van der Waals surface area contributed by atoms with E-state index in [-0.39, 0.29) is 17.5 Å². The van der Waals surface area contributed by atoms with Crippen molar-refractivity contribution in [3.63, 3.8) is 0 Å². The van der Waals surface area contributed by atoms with Gasteiger partial charge in [-0.25, -0.2) is 4.79 Å². The molecule has 140 valence electrons. The normalized spacial score (nSPS) is 15.4. The van der Waals surface area contributed by atoms with Crippen molar-refractivity contribution in [3.05, 3.63) is 64.2 Å². The molecule has 1 N–H and O–H groups in total. The molecular weight excluding hydrogens is 350 g/mol. The first-order valence-corrected chi connectivity index (χ1v) is 8.50. The first kappa shape index (κ1) is 18.4. The number of hydrogen-bond donors (Lipinski definition) is 1. The minimum absolute atomic E-state index is 0.00722. The highest BCUT2D eigenvalue weighted by Gasteiger charge is 2.28. The van der Waals surface area contributed by atoms with Crippen molar-refractivity contribution in [1.29, 1.82) is 0 Å². The van der Waals surface area contributed by atoms with Gasteiger partial charge in [0.1, 0.15) is 5.75 Å². The van der Waals surface area contributed by atoms with Crippen molar-refractivity contribution in [2.45, 2.75) is 12.8 Å². The van der Waals surface area contributed by atoms with E-state index in [4.69, 9.17) is 4.74 Å². The van der Waals surface area contributed by atoms with Crippen LogP contribution in [-0.4, -0.2) is 35.4 Å². The summed E-state index contributed by atoms with van der Waals surface area (Å²) >= 11 is 0. The van der Waals surface area contributed by atoms with Gasteiger partial charge in [-0.15, -0.1) is 0 Å². The summed E-state index contributed by atoms with van der Waals surface area (Å²) < 4.78 is 5.25. The summed E-state index contributed by atoms with van der Waals surface area (Å²) in [6.45, 7) is 0.327. The average Bonchev–Trinajstić information content (AvgIpc) is 2.66.